The summed E-state index contributed by atoms with van der Waals surface area (Å²) in [7, 11) is 1.30. The monoisotopic (exact) mass is 346 g/mol. The van der Waals surface area contributed by atoms with Crippen molar-refractivity contribution in [3.63, 3.8) is 0 Å². The van der Waals surface area contributed by atoms with Gasteiger partial charge in [-0.2, -0.15) is 0 Å². The first-order valence-electron chi connectivity index (χ1n) is 8.34. The minimum Gasteiger partial charge on any atom is -0.467 e. The normalized spacial score (nSPS) is 12.2. The first-order chi connectivity index (χ1) is 12.0. The summed E-state index contributed by atoms with van der Waals surface area (Å²) in [5, 5.41) is 5.51. The van der Waals surface area contributed by atoms with E-state index in [0.29, 0.717) is 36.9 Å². The number of unbranched alkanes of at least 4 members (excludes halogenated alkanes) is 1. The third-order valence-electron chi connectivity index (χ3n) is 3.82. The van der Waals surface area contributed by atoms with Crippen LogP contribution in [0.1, 0.15) is 43.5 Å². The number of amides is 2. The third kappa shape index (κ3) is 7.20. The summed E-state index contributed by atoms with van der Waals surface area (Å²) in [5.74, 6) is -0.872. The Morgan fingerprint density at radius 1 is 1.16 bits per heavy atom. The topological polar surface area (TPSA) is 84.5 Å². The van der Waals surface area contributed by atoms with Gasteiger partial charge in [0.15, 0.2) is 0 Å². The summed E-state index contributed by atoms with van der Waals surface area (Å²) >= 11 is 0. The minimum atomic E-state index is -0.683. The lowest BCUT2D eigenvalue weighted by atomic mass is 10.1. The third-order valence-corrected chi connectivity index (χ3v) is 3.82. The number of carbonyl (C=O) groups is 3. The number of ether oxygens (including phenoxy) is 1. The van der Waals surface area contributed by atoms with Crippen LogP contribution in [0.15, 0.2) is 42.0 Å². The van der Waals surface area contributed by atoms with Gasteiger partial charge in [-0.25, -0.2) is 4.79 Å². The van der Waals surface area contributed by atoms with Gasteiger partial charge < -0.3 is 15.4 Å². The highest BCUT2D eigenvalue weighted by Gasteiger charge is 2.21. The van der Waals surface area contributed by atoms with E-state index < -0.39 is 12.0 Å². The Balaban J connectivity index is 2.38. The van der Waals surface area contributed by atoms with Crippen molar-refractivity contribution in [3.8, 4) is 0 Å². The van der Waals surface area contributed by atoms with E-state index in [4.69, 9.17) is 4.74 Å². The van der Waals surface area contributed by atoms with Crippen LogP contribution in [0, 0.1) is 0 Å². The molecule has 0 saturated heterocycles. The second-order valence-electron chi connectivity index (χ2n) is 5.64. The Labute approximate surface area is 148 Å². The number of hydrogen-bond donors (Lipinski definition) is 2. The molecule has 0 bridgehead atoms. The lowest BCUT2D eigenvalue weighted by Gasteiger charge is -2.16. The SMILES string of the molecule is C/C=C(\C)C(=O)N[C@@H](CCCCNC(=O)c1ccccc1)C(=O)OC. The maximum Gasteiger partial charge on any atom is 0.328 e. The lowest BCUT2D eigenvalue weighted by molar-refractivity contribution is -0.144. The molecular weight excluding hydrogens is 320 g/mol. The second kappa shape index (κ2) is 11.0. The van der Waals surface area contributed by atoms with Crippen molar-refractivity contribution >= 4 is 17.8 Å². The van der Waals surface area contributed by atoms with Gasteiger partial charge in [0.05, 0.1) is 7.11 Å². The van der Waals surface area contributed by atoms with E-state index in [-0.39, 0.29) is 11.8 Å². The second-order valence-corrected chi connectivity index (χ2v) is 5.64. The van der Waals surface area contributed by atoms with Gasteiger partial charge in [-0.1, -0.05) is 24.3 Å². The molecule has 25 heavy (non-hydrogen) atoms. The molecule has 6 heteroatoms. The molecule has 1 atom stereocenters. The molecule has 6 nitrogen and oxygen atoms in total. The summed E-state index contributed by atoms with van der Waals surface area (Å²) in [5.41, 5.74) is 1.16. The fourth-order valence-corrected chi connectivity index (χ4v) is 2.16. The summed E-state index contributed by atoms with van der Waals surface area (Å²) < 4.78 is 4.74. The van der Waals surface area contributed by atoms with Gasteiger partial charge in [0.25, 0.3) is 5.91 Å². The van der Waals surface area contributed by atoms with Crippen molar-refractivity contribution in [1.29, 1.82) is 0 Å². The van der Waals surface area contributed by atoms with Crippen molar-refractivity contribution in [3.05, 3.63) is 47.5 Å². The number of rotatable bonds is 9. The van der Waals surface area contributed by atoms with Crippen molar-refractivity contribution < 1.29 is 19.1 Å². The van der Waals surface area contributed by atoms with Crippen LogP contribution in [0.3, 0.4) is 0 Å². The van der Waals surface area contributed by atoms with Crippen LogP contribution in [0.5, 0.6) is 0 Å². The van der Waals surface area contributed by atoms with E-state index >= 15 is 0 Å². The van der Waals surface area contributed by atoms with Gasteiger partial charge in [-0.15, -0.1) is 0 Å². The highest BCUT2D eigenvalue weighted by Crippen LogP contribution is 2.05. The Kier molecular flexibility index (Phi) is 9.00. The Morgan fingerprint density at radius 2 is 1.84 bits per heavy atom. The van der Waals surface area contributed by atoms with Gasteiger partial charge in [0.2, 0.25) is 5.91 Å². The molecular formula is C19H26N2O4. The van der Waals surface area contributed by atoms with Gasteiger partial charge in [-0.05, 0) is 45.2 Å². The molecule has 0 heterocycles. The van der Waals surface area contributed by atoms with E-state index in [0.717, 1.165) is 0 Å². The van der Waals surface area contributed by atoms with E-state index in [2.05, 4.69) is 10.6 Å². The van der Waals surface area contributed by atoms with Gasteiger partial charge in [0, 0.05) is 17.7 Å². The summed E-state index contributed by atoms with van der Waals surface area (Å²) in [6.07, 6.45) is 3.51. The Bertz CT molecular complexity index is 611. The van der Waals surface area contributed by atoms with Crippen LogP contribution < -0.4 is 10.6 Å². The van der Waals surface area contributed by atoms with Crippen molar-refractivity contribution in [1.82, 2.24) is 10.6 Å². The number of allylic oxidation sites excluding steroid dienone is 1. The number of benzene rings is 1. The van der Waals surface area contributed by atoms with Crippen LogP contribution in [0.25, 0.3) is 0 Å². The molecule has 136 valence electrons. The van der Waals surface area contributed by atoms with Crippen LogP contribution in [-0.2, 0) is 14.3 Å². The van der Waals surface area contributed by atoms with E-state index in [9.17, 15) is 14.4 Å². The molecule has 0 saturated carbocycles. The van der Waals surface area contributed by atoms with E-state index in [1.807, 2.05) is 18.2 Å². The zero-order valence-corrected chi connectivity index (χ0v) is 15.0. The predicted octanol–water partition coefficient (Wildman–Crippen LogP) is 2.21. The largest absolute Gasteiger partial charge is 0.467 e. The summed E-state index contributed by atoms with van der Waals surface area (Å²) in [6.45, 7) is 3.95. The fourth-order valence-electron chi connectivity index (χ4n) is 2.16. The van der Waals surface area contributed by atoms with Crippen molar-refractivity contribution in [2.24, 2.45) is 0 Å². The van der Waals surface area contributed by atoms with Crippen molar-refractivity contribution in [2.75, 3.05) is 13.7 Å². The smallest absolute Gasteiger partial charge is 0.328 e. The Hall–Kier alpha value is -2.63. The maximum absolute atomic E-state index is 11.9. The first kappa shape index (κ1) is 20.4. The molecule has 0 aromatic heterocycles. The fraction of sp³-hybridized carbons (Fsp3) is 0.421. The molecule has 1 aromatic rings. The van der Waals surface area contributed by atoms with Crippen LogP contribution in [0.2, 0.25) is 0 Å². The summed E-state index contributed by atoms with van der Waals surface area (Å²) in [4.78, 5) is 35.6. The minimum absolute atomic E-state index is 0.123. The first-order valence-corrected chi connectivity index (χ1v) is 8.34. The number of hydrogen-bond acceptors (Lipinski definition) is 4. The number of nitrogens with one attached hydrogen (secondary N) is 2. The average Bonchev–Trinajstić information content (AvgIpc) is 2.65. The predicted molar refractivity (Wildman–Crippen MR) is 96.0 cm³/mol. The molecule has 1 rings (SSSR count). The number of carbonyl (C=O) groups excluding carboxylic acids is 3. The zero-order valence-electron chi connectivity index (χ0n) is 15.0. The van der Waals surface area contributed by atoms with Gasteiger partial charge in [0.1, 0.15) is 6.04 Å². The number of esters is 1. The molecule has 0 unspecified atom stereocenters. The molecule has 0 aliphatic rings. The molecule has 0 radical (unpaired) electrons. The van der Waals surface area contributed by atoms with Gasteiger partial charge >= 0.3 is 5.97 Å². The Morgan fingerprint density at radius 3 is 2.44 bits per heavy atom. The maximum atomic E-state index is 11.9. The zero-order chi connectivity index (χ0) is 18.7. The van der Waals surface area contributed by atoms with Gasteiger partial charge in [-0.3, -0.25) is 9.59 Å². The molecule has 1 aromatic carbocycles. The summed E-state index contributed by atoms with van der Waals surface area (Å²) in [6, 6.07) is 8.30. The highest BCUT2D eigenvalue weighted by molar-refractivity contribution is 5.95. The van der Waals surface area contributed by atoms with Crippen LogP contribution in [-0.4, -0.2) is 37.5 Å². The standard InChI is InChI=1S/C19H26N2O4/c1-4-14(2)17(22)21-16(19(24)25-3)12-8-9-13-20-18(23)15-10-6-5-7-11-15/h4-7,10-11,16H,8-9,12-13H2,1-3H3,(H,20,23)(H,21,22)/b14-4+/t16-/m0/s1. The molecule has 2 amide bonds. The molecule has 2 N–H and O–H groups in total. The quantitative estimate of drug-likeness (QED) is 0.408. The number of methoxy groups -OCH3 is 1. The molecule has 0 spiro atoms. The van der Waals surface area contributed by atoms with Crippen LogP contribution in [0.4, 0.5) is 0 Å². The molecule has 0 aliphatic carbocycles. The van der Waals surface area contributed by atoms with Crippen LogP contribution >= 0.6 is 0 Å². The van der Waals surface area contributed by atoms with Crippen molar-refractivity contribution in [2.45, 2.75) is 39.2 Å². The lowest BCUT2D eigenvalue weighted by Crippen LogP contribution is -2.42. The molecule has 0 fully saturated rings. The van der Waals surface area contributed by atoms with E-state index in [1.165, 1.54) is 7.11 Å². The highest BCUT2D eigenvalue weighted by atomic mass is 16.5. The molecule has 0 aliphatic heterocycles. The van der Waals surface area contributed by atoms with E-state index in [1.54, 1.807) is 32.1 Å². The average molecular weight is 346 g/mol.